The van der Waals surface area contributed by atoms with Crippen LogP contribution in [0.15, 0.2) is 6.07 Å². The number of benzene rings is 1. The first-order chi connectivity index (χ1) is 8.11. The first-order valence-electron chi connectivity index (χ1n) is 6.23. The van der Waals surface area contributed by atoms with Crippen molar-refractivity contribution in [3.8, 4) is 5.75 Å². The van der Waals surface area contributed by atoms with Crippen LogP contribution < -0.4 is 10.5 Å². The molecule has 0 aromatic heterocycles. The van der Waals surface area contributed by atoms with Crippen LogP contribution in [0.1, 0.15) is 36.5 Å². The number of halogens is 1. The van der Waals surface area contributed by atoms with Crippen LogP contribution in [0.2, 0.25) is 5.02 Å². The fraction of sp³-hybridized carbons (Fsp3) is 0.571. The molecule has 2 nitrogen and oxygen atoms in total. The minimum Gasteiger partial charge on any atom is -0.493 e. The van der Waals surface area contributed by atoms with E-state index in [2.05, 4.69) is 13.8 Å². The summed E-state index contributed by atoms with van der Waals surface area (Å²) in [6.45, 7) is 7.62. The molecule has 1 rings (SSSR count). The van der Waals surface area contributed by atoms with Gasteiger partial charge in [0, 0.05) is 5.02 Å². The van der Waals surface area contributed by atoms with Crippen molar-refractivity contribution in [1.82, 2.24) is 0 Å². The van der Waals surface area contributed by atoms with E-state index in [4.69, 9.17) is 22.1 Å². The van der Waals surface area contributed by atoms with Gasteiger partial charge in [-0.15, -0.1) is 0 Å². The molecule has 1 aromatic carbocycles. The van der Waals surface area contributed by atoms with Gasteiger partial charge in [-0.05, 0) is 62.4 Å². The molecule has 17 heavy (non-hydrogen) atoms. The van der Waals surface area contributed by atoms with E-state index in [-0.39, 0.29) is 0 Å². The molecule has 0 radical (unpaired) electrons. The molecular formula is C14H22ClNO. The van der Waals surface area contributed by atoms with Crippen molar-refractivity contribution in [2.75, 3.05) is 13.2 Å². The minimum atomic E-state index is 0.693. The lowest BCUT2D eigenvalue weighted by Gasteiger charge is -2.16. The average molecular weight is 256 g/mol. The molecule has 0 saturated heterocycles. The van der Waals surface area contributed by atoms with E-state index in [1.54, 1.807) is 0 Å². The van der Waals surface area contributed by atoms with Gasteiger partial charge in [-0.3, -0.25) is 0 Å². The van der Waals surface area contributed by atoms with Gasteiger partial charge in [-0.1, -0.05) is 18.5 Å². The van der Waals surface area contributed by atoms with Gasteiger partial charge in [-0.2, -0.15) is 0 Å². The van der Waals surface area contributed by atoms with E-state index in [1.807, 2.05) is 13.0 Å². The molecule has 0 aliphatic heterocycles. The van der Waals surface area contributed by atoms with Gasteiger partial charge in [0.1, 0.15) is 5.75 Å². The first kappa shape index (κ1) is 14.3. The predicted octanol–water partition coefficient (Wildman–Crippen LogP) is 3.64. The molecule has 3 heteroatoms. The summed E-state index contributed by atoms with van der Waals surface area (Å²) >= 11 is 6.28. The van der Waals surface area contributed by atoms with E-state index in [0.717, 1.165) is 47.8 Å². The third kappa shape index (κ3) is 3.62. The average Bonchev–Trinajstić information content (AvgIpc) is 2.32. The van der Waals surface area contributed by atoms with Crippen molar-refractivity contribution < 1.29 is 4.74 Å². The Hall–Kier alpha value is -0.730. The van der Waals surface area contributed by atoms with Gasteiger partial charge in [0.05, 0.1) is 6.61 Å². The molecule has 0 amide bonds. The normalized spacial score (nSPS) is 10.6. The van der Waals surface area contributed by atoms with Gasteiger partial charge in [0.25, 0.3) is 0 Å². The number of aryl methyl sites for hydroxylation is 1. The Balaban J connectivity index is 3.06. The zero-order valence-electron chi connectivity index (χ0n) is 11.0. The summed E-state index contributed by atoms with van der Waals surface area (Å²) in [6, 6.07) is 2.04. The molecule has 0 spiro atoms. The second kappa shape index (κ2) is 6.87. The molecule has 0 atom stereocenters. The highest BCUT2D eigenvalue weighted by Crippen LogP contribution is 2.32. The van der Waals surface area contributed by atoms with E-state index < -0.39 is 0 Å². The van der Waals surface area contributed by atoms with Crippen molar-refractivity contribution in [3.63, 3.8) is 0 Å². The number of nitrogens with two attached hydrogens (primary N) is 1. The first-order valence-corrected chi connectivity index (χ1v) is 6.61. The monoisotopic (exact) mass is 255 g/mol. The molecule has 0 aliphatic carbocycles. The highest BCUT2D eigenvalue weighted by Gasteiger charge is 2.12. The highest BCUT2D eigenvalue weighted by atomic mass is 35.5. The molecule has 2 N–H and O–H groups in total. The van der Waals surface area contributed by atoms with Crippen LogP contribution in [0.4, 0.5) is 0 Å². The zero-order valence-corrected chi connectivity index (χ0v) is 11.7. The van der Waals surface area contributed by atoms with E-state index in [9.17, 15) is 0 Å². The number of rotatable bonds is 6. The third-order valence-corrected chi connectivity index (χ3v) is 3.45. The molecule has 96 valence electrons. The summed E-state index contributed by atoms with van der Waals surface area (Å²) in [6.07, 6.45) is 2.90. The SMILES string of the molecule is CCCOc1cc(C)c(Cl)c(C)c1CCCN. The van der Waals surface area contributed by atoms with Crippen LogP contribution in [0.3, 0.4) is 0 Å². The molecule has 0 saturated carbocycles. The molecule has 0 fully saturated rings. The van der Waals surface area contributed by atoms with E-state index >= 15 is 0 Å². The lowest BCUT2D eigenvalue weighted by Crippen LogP contribution is -2.06. The Morgan fingerprint density at radius 3 is 2.65 bits per heavy atom. The van der Waals surface area contributed by atoms with Crippen LogP contribution in [-0.4, -0.2) is 13.2 Å². The Bertz CT molecular complexity index is 377. The summed E-state index contributed by atoms with van der Waals surface area (Å²) in [5.74, 6) is 0.972. The summed E-state index contributed by atoms with van der Waals surface area (Å²) < 4.78 is 5.80. The Kier molecular flexibility index (Phi) is 5.79. The maximum absolute atomic E-state index is 6.28. The smallest absolute Gasteiger partial charge is 0.123 e. The van der Waals surface area contributed by atoms with Gasteiger partial charge >= 0.3 is 0 Å². The Labute approximate surface area is 109 Å². The standard InChI is InChI=1S/C14H22ClNO/c1-4-8-17-13-9-10(2)14(15)11(3)12(13)6-5-7-16/h9H,4-8,16H2,1-3H3. The molecule has 0 heterocycles. The van der Waals surface area contributed by atoms with Gasteiger partial charge in [0.15, 0.2) is 0 Å². The summed E-state index contributed by atoms with van der Waals surface area (Å²) in [7, 11) is 0. The van der Waals surface area contributed by atoms with Crippen LogP contribution in [0.25, 0.3) is 0 Å². The Morgan fingerprint density at radius 1 is 1.35 bits per heavy atom. The highest BCUT2D eigenvalue weighted by molar-refractivity contribution is 6.32. The maximum atomic E-state index is 6.28. The van der Waals surface area contributed by atoms with Crippen LogP contribution in [0.5, 0.6) is 5.75 Å². The van der Waals surface area contributed by atoms with Crippen molar-refractivity contribution in [3.05, 3.63) is 27.8 Å². The van der Waals surface area contributed by atoms with Crippen LogP contribution in [-0.2, 0) is 6.42 Å². The summed E-state index contributed by atoms with van der Waals surface area (Å²) in [5.41, 5.74) is 8.99. The lowest BCUT2D eigenvalue weighted by molar-refractivity contribution is 0.313. The summed E-state index contributed by atoms with van der Waals surface area (Å²) in [4.78, 5) is 0. The van der Waals surface area contributed by atoms with Crippen molar-refractivity contribution in [1.29, 1.82) is 0 Å². The largest absolute Gasteiger partial charge is 0.493 e. The molecule has 1 aromatic rings. The van der Waals surface area contributed by atoms with Crippen molar-refractivity contribution in [2.24, 2.45) is 5.73 Å². The fourth-order valence-corrected chi connectivity index (χ4v) is 2.06. The predicted molar refractivity (Wildman–Crippen MR) is 74.1 cm³/mol. The van der Waals surface area contributed by atoms with Gasteiger partial charge < -0.3 is 10.5 Å². The second-order valence-corrected chi connectivity index (χ2v) is 4.73. The van der Waals surface area contributed by atoms with Crippen LogP contribution in [0, 0.1) is 13.8 Å². The van der Waals surface area contributed by atoms with Crippen molar-refractivity contribution >= 4 is 11.6 Å². The third-order valence-electron chi connectivity index (χ3n) is 2.87. The van der Waals surface area contributed by atoms with Gasteiger partial charge in [-0.25, -0.2) is 0 Å². The molecule has 0 unspecified atom stereocenters. The number of hydrogen-bond acceptors (Lipinski definition) is 2. The van der Waals surface area contributed by atoms with Gasteiger partial charge in [0.2, 0.25) is 0 Å². The van der Waals surface area contributed by atoms with Crippen LogP contribution >= 0.6 is 11.6 Å². The molecule has 0 bridgehead atoms. The topological polar surface area (TPSA) is 35.2 Å². The van der Waals surface area contributed by atoms with Crippen molar-refractivity contribution in [2.45, 2.75) is 40.0 Å². The number of ether oxygens (including phenoxy) is 1. The fourth-order valence-electron chi connectivity index (χ4n) is 1.89. The Morgan fingerprint density at radius 2 is 2.06 bits per heavy atom. The quantitative estimate of drug-likeness (QED) is 0.842. The molecular weight excluding hydrogens is 234 g/mol. The zero-order chi connectivity index (χ0) is 12.8. The number of hydrogen-bond donors (Lipinski definition) is 1. The summed E-state index contributed by atoms with van der Waals surface area (Å²) in [5, 5.41) is 0.848. The maximum Gasteiger partial charge on any atom is 0.123 e. The lowest BCUT2D eigenvalue weighted by atomic mass is 10.00. The van der Waals surface area contributed by atoms with E-state index in [0.29, 0.717) is 6.54 Å². The molecule has 0 aliphatic rings. The second-order valence-electron chi connectivity index (χ2n) is 4.35. The van der Waals surface area contributed by atoms with E-state index in [1.165, 1.54) is 5.56 Å². The minimum absolute atomic E-state index is 0.693.